The molecule has 0 saturated carbocycles. The zero-order chi connectivity index (χ0) is 13.0. The average Bonchev–Trinajstić information content (AvgIpc) is 2.88. The van der Waals surface area contributed by atoms with Crippen LogP contribution in [-0.2, 0) is 6.54 Å². The molecule has 0 bridgehead atoms. The number of amides is 1. The Morgan fingerprint density at radius 3 is 2.83 bits per heavy atom. The molecule has 0 spiro atoms. The van der Waals surface area contributed by atoms with E-state index in [0.29, 0.717) is 18.8 Å². The van der Waals surface area contributed by atoms with Gasteiger partial charge >= 0.3 is 0 Å². The lowest BCUT2D eigenvalue weighted by Gasteiger charge is -2.18. The molecule has 0 saturated heterocycles. The molecule has 2 aromatic rings. The predicted octanol–water partition coefficient (Wildman–Crippen LogP) is 2.48. The number of furan rings is 1. The summed E-state index contributed by atoms with van der Waals surface area (Å²) in [5.74, 6) is -0.287. The third-order valence-corrected chi connectivity index (χ3v) is 2.53. The van der Waals surface area contributed by atoms with Crippen molar-refractivity contribution in [3.05, 3.63) is 54.0 Å². The molecule has 94 valence electrons. The third-order valence-electron chi connectivity index (χ3n) is 2.53. The highest BCUT2D eigenvalue weighted by Gasteiger charge is 2.17. The molecule has 4 nitrogen and oxygen atoms in total. The zero-order valence-corrected chi connectivity index (χ0v) is 9.97. The SMILES string of the molecule is CCN(Cc1ccco1)C(=O)c1cccc(F)n1. The van der Waals surface area contributed by atoms with Gasteiger partial charge in [-0.1, -0.05) is 6.07 Å². The van der Waals surface area contributed by atoms with Gasteiger partial charge in [0.1, 0.15) is 11.5 Å². The van der Waals surface area contributed by atoms with Crippen LogP contribution < -0.4 is 0 Å². The Hall–Kier alpha value is -2.17. The molecule has 0 N–H and O–H groups in total. The van der Waals surface area contributed by atoms with Crippen LogP contribution >= 0.6 is 0 Å². The standard InChI is InChI=1S/C13H13FN2O2/c1-2-16(9-10-5-4-8-18-10)13(17)11-6-3-7-12(14)15-11/h3-8H,2,9H2,1H3. The van der Waals surface area contributed by atoms with Gasteiger partial charge in [0, 0.05) is 6.54 Å². The topological polar surface area (TPSA) is 46.3 Å². The van der Waals surface area contributed by atoms with Crippen molar-refractivity contribution in [2.24, 2.45) is 0 Å². The van der Waals surface area contributed by atoms with E-state index in [-0.39, 0.29) is 11.6 Å². The van der Waals surface area contributed by atoms with Crippen LogP contribution in [0.1, 0.15) is 23.2 Å². The fraction of sp³-hybridized carbons (Fsp3) is 0.231. The number of hydrogen-bond donors (Lipinski definition) is 0. The van der Waals surface area contributed by atoms with Crippen molar-refractivity contribution >= 4 is 5.91 Å². The van der Waals surface area contributed by atoms with Gasteiger partial charge in [-0.05, 0) is 31.2 Å². The lowest BCUT2D eigenvalue weighted by molar-refractivity contribution is 0.0734. The molecule has 2 rings (SSSR count). The van der Waals surface area contributed by atoms with Gasteiger partial charge in [0.05, 0.1) is 12.8 Å². The number of pyridine rings is 1. The van der Waals surface area contributed by atoms with Crippen molar-refractivity contribution in [3.63, 3.8) is 0 Å². The van der Waals surface area contributed by atoms with Crippen molar-refractivity contribution in [2.45, 2.75) is 13.5 Å². The summed E-state index contributed by atoms with van der Waals surface area (Å²) >= 11 is 0. The molecule has 18 heavy (non-hydrogen) atoms. The van der Waals surface area contributed by atoms with Crippen molar-refractivity contribution in [1.29, 1.82) is 0 Å². The first-order valence-corrected chi connectivity index (χ1v) is 5.65. The maximum absolute atomic E-state index is 13.0. The van der Waals surface area contributed by atoms with E-state index in [0.717, 1.165) is 0 Å². The molecule has 0 aliphatic heterocycles. The Kier molecular flexibility index (Phi) is 3.72. The summed E-state index contributed by atoms with van der Waals surface area (Å²) in [5.41, 5.74) is 0.100. The maximum Gasteiger partial charge on any atom is 0.272 e. The van der Waals surface area contributed by atoms with Gasteiger partial charge < -0.3 is 9.32 Å². The summed E-state index contributed by atoms with van der Waals surface area (Å²) in [6, 6.07) is 7.72. The maximum atomic E-state index is 13.0. The van der Waals surface area contributed by atoms with Crippen LogP contribution in [0.2, 0.25) is 0 Å². The van der Waals surface area contributed by atoms with E-state index in [2.05, 4.69) is 4.98 Å². The minimum absolute atomic E-state index is 0.100. The highest BCUT2D eigenvalue weighted by molar-refractivity contribution is 5.92. The first kappa shape index (κ1) is 12.3. The van der Waals surface area contributed by atoms with Gasteiger partial charge in [0.15, 0.2) is 0 Å². The molecule has 5 heteroatoms. The van der Waals surface area contributed by atoms with E-state index in [1.165, 1.54) is 18.2 Å². The average molecular weight is 248 g/mol. The normalized spacial score (nSPS) is 10.3. The van der Waals surface area contributed by atoms with Crippen LogP contribution in [0.5, 0.6) is 0 Å². The van der Waals surface area contributed by atoms with Crippen LogP contribution in [0.4, 0.5) is 4.39 Å². The Morgan fingerprint density at radius 1 is 1.39 bits per heavy atom. The van der Waals surface area contributed by atoms with E-state index in [1.54, 1.807) is 23.3 Å². The van der Waals surface area contributed by atoms with Gasteiger partial charge in [-0.2, -0.15) is 4.39 Å². The quantitative estimate of drug-likeness (QED) is 0.781. The second-order valence-electron chi connectivity index (χ2n) is 3.74. The number of carbonyl (C=O) groups excluding carboxylic acids is 1. The van der Waals surface area contributed by atoms with E-state index < -0.39 is 5.95 Å². The van der Waals surface area contributed by atoms with Crippen molar-refractivity contribution in [3.8, 4) is 0 Å². The Bertz CT molecular complexity index is 526. The number of hydrogen-bond acceptors (Lipinski definition) is 3. The monoisotopic (exact) mass is 248 g/mol. The first-order valence-electron chi connectivity index (χ1n) is 5.65. The Balaban J connectivity index is 2.15. The molecular weight excluding hydrogens is 235 g/mol. The summed E-state index contributed by atoms with van der Waals surface area (Å²) in [4.78, 5) is 17.2. The second kappa shape index (κ2) is 5.44. The van der Waals surface area contributed by atoms with Crippen LogP contribution in [0.15, 0.2) is 41.0 Å². The van der Waals surface area contributed by atoms with E-state index in [9.17, 15) is 9.18 Å². The predicted molar refractivity (Wildman–Crippen MR) is 63.3 cm³/mol. The van der Waals surface area contributed by atoms with E-state index >= 15 is 0 Å². The number of rotatable bonds is 4. The van der Waals surface area contributed by atoms with Gasteiger partial charge in [0.25, 0.3) is 5.91 Å². The molecule has 0 aliphatic carbocycles. The van der Waals surface area contributed by atoms with Gasteiger partial charge in [-0.25, -0.2) is 4.98 Å². The molecule has 0 aromatic carbocycles. The number of nitrogens with zero attached hydrogens (tertiary/aromatic N) is 2. The van der Waals surface area contributed by atoms with Crippen LogP contribution in [0.3, 0.4) is 0 Å². The summed E-state index contributed by atoms with van der Waals surface area (Å²) in [7, 11) is 0. The fourth-order valence-electron chi connectivity index (χ4n) is 1.61. The molecule has 0 unspecified atom stereocenters. The largest absolute Gasteiger partial charge is 0.467 e. The van der Waals surface area contributed by atoms with Crippen molar-refractivity contribution < 1.29 is 13.6 Å². The fourth-order valence-corrected chi connectivity index (χ4v) is 1.61. The highest BCUT2D eigenvalue weighted by Crippen LogP contribution is 2.09. The molecule has 0 aliphatic rings. The number of carbonyl (C=O) groups is 1. The van der Waals surface area contributed by atoms with E-state index in [4.69, 9.17) is 4.42 Å². The molecule has 2 aromatic heterocycles. The van der Waals surface area contributed by atoms with Crippen molar-refractivity contribution in [2.75, 3.05) is 6.54 Å². The summed E-state index contributed by atoms with van der Waals surface area (Å²) in [6.45, 7) is 2.69. The smallest absolute Gasteiger partial charge is 0.272 e. The molecule has 2 heterocycles. The van der Waals surface area contributed by atoms with Crippen LogP contribution in [-0.4, -0.2) is 22.3 Å². The third kappa shape index (κ3) is 2.74. The minimum Gasteiger partial charge on any atom is -0.467 e. The number of aromatic nitrogens is 1. The van der Waals surface area contributed by atoms with Gasteiger partial charge in [0.2, 0.25) is 5.95 Å². The molecule has 0 fully saturated rings. The van der Waals surface area contributed by atoms with Gasteiger partial charge in [-0.15, -0.1) is 0 Å². The molecule has 0 atom stereocenters. The van der Waals surface area contributed by atoms with Crippen molar-refractivity contribution in [1.82, 2.24) is 9.88 Å². The van der Waals surface area contributed by atoms with Crippen LogP contribution in [0.25, 0.3) is 0 Å². The number of halogens is 1. The lowest BCUT2D eigenvalue weighted by Crippen LogP contribution is -2.30. The minimum atomic E-state index is -0.657. The summed E-state index contributed by atoms with van der Waals surface area (Å²) in [6.07, 6.45) is 1.55. The zero-order valence-electron chi connectivity index (χ0n) is 9.97. The Labute approximate surface area is 104 Å². The van der Waals surface area contributed by atoms with Crippen LogP contribution in [0, 0.1) is 5.95 Å². The molecular formula is C13H13FN2O2. The second-order valence-corrected chi connectivity index (χ2v) is 3.74. The highest BCUT2D eigenvalue weighted by atomic mass is 19.1. The molecule has 1 amide bonds. The Morgan fingerprint density at radius 2 is 2.22 bits per heavy atom. The molecule has 0 radical (unpaired) electrons. The lowest BCUT2D eigenvalue weighted by atomic mass is 10.3. The van der Waals surface area contributed by atoms with Gasteiger partial charge in [-0.3, -0.25) is 4.79 Å². The van der Waals surface area contributed by atoms with E-state index in [1.807, 2.05) is 6.92 Å². The summed E-state index contributed by atoms with van der Waals surface area (Å²) in [5, 5.41) is 0. The first-order chi connectivity index (χ1) is 8.70. The summed E-state index contributed by atoms with van der Waals surface area (Å²) < 4.78 is 18.2.